The maximum absolute atomic E-state index is 12.4. The number of carbonyl (C=O) groups excluding carboxylic acids is 1. The van der Waals surface area contributed by atoms with Gasteiger partial charge in [0.1, 0.15) is 11.6 Å². The summed E-state index contributed by atoms with van der Waals surface area (Å²) in [5, 5.41) is 17.0. The van der Waals surface area contributed by atoms with Gasteiger partial charge >= 0.3 is 0 Å². The second-order valence-electron chi connectivity index (χ2n) is 5.62. The first kappa shape index (κ1) is 17.6. The molecule has 1 fully saturated rings. The molecule has 0 aliphatic carbocycles. The summed E-state index contributed by atoms with van der Waals surface area (Å²) < 4.78 is 11.8. The molecule has 0 atom stereocenters. The summed E-state index contributed by atoms with van der Waals surface area (Å²) in [5.41, 5.74) is 1.86. The molecule has 0 radical (unpaired) electrons. The number of hydrogen-bond donors (Lipinski definition) is 0. The average molecular weight is 402 g/mol. The van der Waals surface area contributed by atoms with Crippen molar-refractivity contribution in [3.05, 3.63) is 29.6 Å². The molecule has 1 aliphatic rings. The SMILES string of the molecule is N#Cc1nc(-c2ccco2)oc1N1CCN(C(=O)CSc2nncs2)CC1. The van der Waals surface area contributed by atoms with E-state index < -0.39 is 0 Å². The minimum Gasteiger partial charge on any atom is -0.459 e. The van der Waals surface area contributed by atoms with Gasteiger partial charge in [-0.3, -0.25) is 4.79 Å². The molecule has 0 N–H and O–H groups in total. The van der Waals surface area contributed by atoms with Gasteiger partial charge in [-0.1, -0.05) is 23.1 Å². The summed E-state index contributed by atoms with van der Waals surface area (Å²) in [7, 11) is 0. The van der Waals surface area contributed by atoms with E-state index in [-0.39, 0.29) is 17.5 Å². The number of rotatable bonds is 5. The van der Waals surface area contributed by atoms with Crippen molar-refractivity contribution in [2.45, 2.75) is 4.34 Å². The van der Waals surface area contributed by atoms with Gasteiger partial charge in [0.2, 0.25) is 17.5 Å². The van der Waals surface area contributed by atoms with Crippen molar-refractivity contribution in [1.82, 2.24) is 20.1 Å². The van der Waals surface area contributed by atoms with E-state index in [0.717, 1.165) is 4.34 Å². The lowest BCUT2D eigenvalue weighted by molar-refractivity contribution is -0.128. The monoisotopic (exact) mass is 402 g/mol. The highest BCUT2D eigenvalue weighted by molar-refractivity contribution is 8.01. The van der Waals surface area contributed by atoms with Crippen LogP contribution in [0.1, 0.15) is 5.69 Å². The predicted octanol–water partition coefficient (Wildman–Crippen LogP) is 2.10. The minimum atomic E-state index is 0.0594. The number of thioether (sulfide) groups is 1. The van der Waals surface area contributed by atoms with Gasteiger partial charge in [0.05, 0.1) is 12.0 Å². The molecule has 1 saturated heterocycles. The molecule has 1 aliphatic heterocycles. The van der Waals surface area contributed by atoms with E-state index in [1.807, 2.05) is 4.90 Å². The number of anilines is 1. The summed E-state index contributed by atoms with van der Waals surface area (Å²) in [4.78, 5) is 20.3. The lowest BCUT2D eigenvalue weighted by Crippen LogP contribution is -2.49. The Morgan fingerprint density at radius 3 is 2.89 bits per heavy atom. The first-order valence-electron chi connectivity index (χ1n) is 8.11. The summed E-state index contributed by atoms with van der Waals surface area (Å²) in [6, 6.07) is 5.52. The van der Waals surface area contributed by atoms with E-state index in [2.05, 4.69) is 21.3 Å². The molecule has 11 heteroatoms. The van der Waals surface area contributed by atoms with E-state index in [1.54, 1.807) is 22.5 Å². The van der Waals surface area contributed by atoms with Crippen molar-refractivity contribution < 1.29 is 13.6 Å². The van der Waals surface area contributed by atoms with Gasteiger partial charge in [0.25, 0.3) is 5.89 Å². The van der Waals surface area contributed by atoms with Crippen molar-refractivity contribution in [3.63, 3.8) is 0 Å². The Bertz CT molecular complexity index is 940. The van der Waals surface area contributed by atoms with E-state index in [1.165, 1.54) is 29.4 Å². The molecule has 1 amide bonds. The number of piperazine rings is 1. The number of nitriles is 1. The van der Waals surface area contributed by atoms with Crippen LogP contribution in [0.15, 0.2) is 37.1 Å². The third-order valence-corrected chi connectivity index (χ3v) is 5.87. The Morgan fingerprint density at radius 1 is 1.37 bits per heavy atom. The molecular weight excluding hydrogens is 388 g/mol. The highest BCUT2D eigenvalue weighted by atomic mass is 32.2. The van der Waals surface area contributed by atoms with Crippen LogP contribution in [0.5, 0.6) is 0 Å². The zero-order chi connectivity index (χ0) is 18.6. The van der Waals surface area contributed by atoms with E-state index in [4.69, 9.17) is 8.83 Å². The summed E-state index contributed by atoms with van der Waals surface area (Å²) in [6.07, 6.45) is 1.52. The minimum absolute atomic E-state index is 0.0594. The molecule has 0 spiro atoms. The van der Waals surface area contributed by atoms with Crippen LogP contribution >= 0.6 is 23.1 Å². The van der Waals surface area contributed by atoms with Gasteiger partial charge in [0.15, 0.2) is 10.1 Å². The van der Waals surface area contributed by atoms with Gasteiger partial charge in [-0.15, -0.1) is 10.2 Å². The smallest absolute Gasteiger partial charge is 0.266 e. The molecule has 0 bridgehead atoms. The number of oxazole rings is 1. The summed E-state index contributed by atoms with van der Waals surface area (Å²) >= 11 is 2.81. The lowest BCUT2D eigenvalue weighted by atomic mass is 10.3. The Kier molecular flexibility index (Phi) is 5.08. The second-order valence-corrected chi connectivity index (χ2v) is 7.68. The molecule has 3 aromatic rings. The van der Waals surface area contributed by atoms with Crippen molar-refractivity contribution in [2.24, 2.45) is 0 Å². The fraction of sp³-hybridized carbons (Fsp3) is 0.312. The van der Waals surface area contributed by atoms with Gasteiger partial charge in [-0.25, -0.2) is 0 Å². The Hall–Kier alpha value is -2.84. The summed E-state index contributed by atoms with van der Waals surface area (Å²) in [6.45, 7) is 2.24. The molecule has 0 unspecified atom stereocenters. The maximum atomic E-state index is 12.4. The van der Waals surface area contributed by atoms with Crippen molar-refractivity contribution in [1.29, 1.82) is 5.26 Å². The van der Waals surface area contributed by atoms with Gasteiger partial charge in [0, 0.05) is 26.2 Å². The maximum Gasteiger partial charge on any atom is 0.266 e. The number of aromatic nitrogens is 3. The molecule has 0 aromatic carbocycles. The fourth-order valence-electron chi connectivity index (χ4n) is 2.70. The van der Waals surface area contributed by atoms with Crippen molar-refractivity contribution in [3.8, 4) is 17.7 Å². The normalized spacial score (nSPS) is 14.3. The third kappa shape index (κ3) is 3.81. The van der Waals surface area contributed by atoms with Crippen LogP contribution in [0.25, 0.3) is 11.7 Å². The van der Waals surface area contributed by atoms with Gasteiger partial charge < -0.3 is 18.6 Å². The molecular formula is C16H14N6O3S2. The predicted molar refractivity (Wildman–Crippen MR) is 98.3 cm³/mol. The molecule has 4 rings (SSSR count). The molecule has 3 aromatic heterocycles. The topological polar surface area (TPSA) is 112 Å². The van der Waals surface area contributed by atoms with Crippen LogP contribution in [0.2, 0.25) is 0 Å². The quantitative estimate of drug-likeness (QED) is 0.592. The van der Waals surface area contributed by atoms with Crippen LogP contribution in [0, 0.1) is 11.3 Å². The number of hydrogen-bond acceptors (Lipinski definition) is 10. The molecule has 4 heterocycles. The molecule has 138 valence electrons. The Labute approximate surface area is 162 Å². The average Bonchev–Trinajstić information content (AvgIpc) is 3.47. The number of nitrogens with zero attached hydrogens (tertiary/aromatic N) is 6. The fourth-order valence-corrected chi connectivity index (χ4v) is 4.10. The van der Waals surface area contributed by atoms with Crippen LogP contribution in [-0.4, -0.2) is 57.9 Å². The van der Waals surface area contributed by atoms with Gasteiger partial charge in [-0.05, 0) is 12.1 Å². The second kappa shape index (κ2) is 7.81. The lowest BCUT2D eigenvalue weighted by Gasteiger charge is -2.34. The largest absolute Gasteiger partial charge is 0.459 e. The molecule has 0 saturated carbocycles. The number of carbonyl (C=O) groups is 1. The first-order chi connectivity index (χ1) is 13.2. The van der Waals surface area contributed by atoms with Gasteiger partial charge in [-0.2, -0.15) is 10.2 Å². The van der Waals surface area contributed by atoms with Crippen molar-refractivity contribution in [2.75, 3.05) is 36.8 Å². The Balaban J connectivity index is 1.38. The van der Waals surface area contributed by atoms with Crippen LogP contribution < -0.4 is 4.90 Å². The molecule has 9 nitrogen and oxygen atoms in total. The van der Waals surface area contributed by atoms with E-state index >= 15 is 0 Å². The number of furan rings is 1. The Morgan fingerprint density at radius 2 is 2.22 bits per heavy atom. The van der Waals surface area contributed by atoms with Crippen molar-refractivity contribution >= 4 is 34.9 Å². The van der Waals surface area contributed by atoms with Crippen LogP contribution in [-0.2, 0) is 4.79 Å². The van der Waals surface area contributed by atoms with E-state index in [0.29, 0.717) is 43.6 Å². The highest BCUT2D eigenvalue weighted by Crippen LogP contribution is 2.29. The summed E-state index contributed by atoms with van der Waals surface area (Å²) in [5.74, 6) is 1.56. The van der Waals surface area contributed by atoms with Crippen LogP contribution in [0.3, 0.4) is 0 Å². The highest BCUT2D eigenvalue weighted by Gasteiger charge is 2.27. The first-order valence-corrected chi connectivity index (χ1v) is 9.97. The zero-order valence-corrected chi connectivity index (χ0v) is 15.7. The third-order valence-electron chi connectivity index (χ3n) is 4.03. The standard InChI is InChI=1S/C16H14N6O3S2/c17-8-11-15(25-14(19-11)12-2-1-7-24-12)22-5-3-21(4-6-22)13(23)9-26-16-20-18-10-27-16/h1-2,7,10H,3-6,9H2. The van der Waals surface area contributed by atoms with E-state index in [9.17, 15) is 10.1 Å². The molecule has 27 heavy (non-hydrogen) atoms. The zero-order valence-electron chi connectivity index (χ0n) is 14.1. The number of amides is 1. The van der Waals surface area contributed by atoms with Crippen LogP contribution in [0.4, 0.5) is 5.88 Å².